The molecule has 0 aliphatic heterocycles. The third-order valence-corrected chi connectivity index (χ3v) is 3.31. The summed E-state index contributed by atoms with van der Waals surface area (Å²) < 4.78 is 15.9. The fourth-order valence-corrected chi connectivity index (χ4v) is 2.11. The third-order valence-electron chi connectivity index (χ3n) is 3.31. The average Bonchev–Trinajstić information content (AvgIpc) is 3.27. The number of primary amides is 1. The maximum Gasteiger partial charge on any atom is 0.239 e. The second-order valence-electron chi connectivity index (χ2n) is 4.72. The van der Waals surface area contributed by atoms with Crippen molar-refractivity contribution in [3.63, 3.8) is 0 Å². The third kappa shape index (κ3) is 2.96. The minimum atomic E-state index is -0.640. The van der Waals surface area contributed by atoms with Crippen LogP contribution in [0, 0.1) is 0 Å². The first-order chi connectivity index (χ1) is 9.60. The van der Waals surface area contributed by atoms with Crippen molar-refractivity contribution >= 4 is 5.91 Å². The van der Waals surface area contributed by atoms with Crippen LogP contribution in [-0.4, -0.2) is 33.3 Å². The van der Waals surface area contributed by atoms with Gasteiger partial charge < -0.3 is 19.9 Å². The van der Waals surface area contributed by atoms with Gasteiger partial charge >= 0.3 is 0 Å². The SMILES string of the molecule is COc1cc(OC)c(C(NC2CC2)C(N)=O)c(OC)c1. The van der Waals surface area contributed by atoms with Crippen LogP contribution in [0.5, 0.6) is 17.2 Å². The van der Waals surface area contributed by atoms with Crippen LogP contribution >= 0.6 is 0 Å². The normalized spacial score (nSPS) is 15.6. The number of nitrogens with one attached hydrogen (secondary N) is 1. The summed E-state index contributed by atoms with van der Waals surface area (Å²) in [5.41, 5.74) is 6.13. The molecule has 1 aromatic carbocycles. The Morgan fingerprint density at radius 2 is 1.75 bits per heavy atom. The van der Waals surface area contributed by atoms with Crippen molar-refractivity contribution in [3.05, 3.63) is 17.7 Å². The number of hydrogen-bond acceptors (Lipinski definition) is 5. The summed E-state index contributed by atoms with van der Waals surface area (Å²) in [6.45, 7) is 0. The fraction of sp³-hybridized carbons (Fsp3) is 0.500. The Morgan fingerprint density at radius 3 is 2.10 bits per heavy atom. The average molecular weight is 280 g/mol. The molecule has 20 heavy (non-hydrogen) atoms. The zero-order chi connectivity index (χ0) is 14.7. The molecule has 0 aromatic heterocycles. The fourth-order valence-electron chi connectivity index (χ4n) is 2.11. The standard InChI is InChI=1S/C14H20N2O4/c1-18-9-6-10(19-2)12(11(7-9)20-3)13(14(15)17)16-8-4-5-8/h6-8,13,16H,4-5H2,1-3H3,(H2,15,17). The molecule has 1 amide bonds. The zero-order valence-corrected chi connectivity index (χ0v) is 11.9. The van der Waals surface area contributed by atoms with Crippen molar-refractivity contribution in [2.24, 2.45) is 5.73 Å². The molecule has 1 aliphatic rings. The topological polar surface area (TPSA) is 82.8 Å². The van der Waals surface area contributed by atoms with E-state index in [1.54, 1.807) is 19.2 Å². The number of rotatable bonds is 7. The van der Waals surface area contributed by atoms with Crippen molar-refractivity contribution < 1.29 is 19.0 Å². The van der Waals surface area contributed by atoms with E-state index in [-0.39, 0.29) is 0 Å². The minimum absolute atomic E-state index is 0.323. The van der Waals surface area contributed by atoms with E-state index in [0.717, 1.165) is 12.8 Å². The van der Waals surface area contributed by atoms with Gasteiger partial charge in [-0.2, -0.15) is 0 Å². The molecule has 6 heteroatoms. The number of carbonyl (C=O) groups is 1. The maximum atomic E-state index is 11.8. The van der Waals surface area contributed by atoms with Gasteiger partial charge in [0.25, 0.3) is 0 Å². The van der Waals surface area contributed by atoms with Crippen LogP contribution in [0.1, 0.15) is 24.4 Å². The molecule has 0 saturated heterocycles. The lowest BCUT2D eigenvalue weighted by Gasteiger charge is -2.21. The molecular formula is C14H20N2O4. The van der Waals surface area contributed by atoms with Crippen LogP contribution in [0.25, 0.3) is 0 Å². The molecule has 0 heterocycles. The number of nitrogens with two attached hydrogens (primary N) is 1. The molecule has 1 unspecified atom stereocenters. The lowest BCUT2D eigenvalue weighted by Crippen LogP contribution is -2.35. The highest BCUT2D eigenvalue weighted by molar-refractivity contribution is 5.83. The van der Waals surface area contributed by atoms with Crippen molar-refractivity contribution in [1.29, 1.82) is 0 Å². The van der Waals surface area contributed by atoms with E-state index in [0.29, 0.717) is 28.9 Å². The van der Waals surface area contributed by atoms with Gasteiger partial charge in [0.15, 0.2) is 0 Å². The number of amides is 1. The Morgan fingerprint density at radius 1 is 1.20 bits per heavy atom. The summed E-state index contributed by atoms with van der Waals surface area (Å²) in [5.74, 6) is 1.16. The molecule has 1 aromatic rings. The van der Waals surface area contributed by atoms with Crippen molar-refractivity contribution in [2.75, 3.05) is 21.3 Å². The quantitative estimate of drug-likeness (QED) is 0.778. The van der Waals surface area contributed by atoms with Crippen LogP contribution in [0.3, 0.4) is 0 Å². The highest BCUT2D eigenvalue weighted by atomic mass is 16.5. The van der Waals surface area contributed by atoms with Crippen LogP contribution < -0.4 is 25.3 Å². The summed E-state index contributed by atoms with van der Waals surface area (Å²) >= 11 is 0. The summed E-state index contributed by atoms with van der Waals surface area (Å²) in [7, 11) is 4.63. The molecule has 2 rings (SSSR count). The predicted molar refractivity (Wildman–Crippen MR) is 74.2 cm³/mol. The first-order valence-electron chi connectivity index (χ1n) is 6.46. The van der Waals surface area contributed by atoms with E-state index in [9.17, 15) is 4.79 Å². The van der Waals surface area contributed by atoms with Crippen LogP contribution in [0.15, 0.2) is 12.1 Å². The molecule has 1 atom stereocenters. The van der Waals surface area contributed by atoms with Crippen LogP contribution in [-0.2, 0) is 4.79 Å². The first-order valence-corrected chi connectivity index (χ1v) is 6.46. The van der Waals surface area contributed by atoms with Gasteiger partial charge in [-0.25, -0.2) is 0 Å². The maximum absolute atomic E-state index is 11.8. The minimum Gasteiger partial charge on any atom is -0.496 e. The Labute approximate surface area is 118 Å². The summed E-state index contributed by atoms with van der Waals surface area (Å²) in [6.07, 6.45) is 2.09. The van der Waals surface area contributed by atoms with Gasteiger partial charge in [0.05, 0.1) is 26.9 Å². The Hall–Kier alpha value is -1.95. The largest absolute Gasteiger partial charge is 0.496 e. The van der Waals surface area contributed by atoms with Gasteiger partial charge in [-0.15, -0.1) is 0 Å². The Bertz CT molecular complexity index is 475. The number of ether oxygens (including phenoxy) is 3. The smallest absolute Gasteiger partial charge is 0.239 e. The van der Waals surface area contributed by atoms with Crippen molar-refractivity contribution in [2.45, 2.75) is 24.9 Å². The molecule has 1 saturated carbocycles. The number of carbonyl (C=O) groups excluding carboxylic acids is 1. The van der Waals surface area contributed by atoms with E-state index in [1.807, 2.05) is 0 Å². The van der Waals surface area contributed by atoms with E-state index < -0.39 is 11.9 Å². The number of methoxy groups -OCH3 is 3. The van der Waals surface area contributed by atoms with Crippen LogP contribution in [0.2, 0.25) is 0 Å². The molecule has 0 radical (unpaired) electrons. The van der Waals surface area contributed by atoms with Gasteiger partial charge in [-0.05, 0) is 12.8 Å². The van der Waals surface area contributed by atoms with E-state index >= 15 is 0 Å². The van der Waals surface area contributed by atoms with Crippen molar-refractivity contribution in [3.8, 4) is 17.2 Å². The molecule has 6 nitrogen and oxygen atoms in total. The summed E-state index contributed by atoms with van der Waals surface area (Å²) in [5, 5.41) is 3.22. The zero-order valence-electron chi connectivity index (χ0n) is 11.9. The molecule has 1 fully saturated rings. The van der Waals surface area contributed by atoms with Gasteiger partial charge in [-0.1, -0.05) is 0 Å². The number of hydrogen-bond donors (Lipinski definition) is 2. The van der Waals surface area contributed by atoms with Crippen molar-refractivity contribution in [1.82, 2.24) is 5.32 Å². The molecule has 0 spiro atoms. The Kier molecular flexibility index (Phi) is 4.34. The second-order valence-corrected chi connectivity index (χ2v) is 4.72. The molecule has 110 valence electrons. The highest BCUT2D eigenvalue weighted by Gasteiger charge is 2.32. The molecular weight excluding hydrogens is 260 g/mol. The summed E-state index contributed by atoms with van der Waals surface area (Å²) in [4.78, 5) is 11.8. The lowest BCUT2D eigenvalue weighted by molar-refractivity contribution is -0.120. The van der Waals surface area contributed by atoms with Gasteiger partial charge in [0, 0.05) is 18.2 Å². The number of benzene rings is 1. The second kappa shape index (κ2) is 6.00. The monoisotopic (exact) mass is 280 g/mol. The van der Waals surface area contributed by atoms with E-state index in [2.05, 4.69) is 5.32 Å². The predicted octanol–water partition coefficient (Wildman–Crippen LogP) is 0.991. The van der Waals surface area contributed by atoms with Crippen LogP contribution in [0.4, 0.5) is 0 Å². The molecule has 3 N–H and O–H groups in total. The summed E-state index contributed by atoms with van der Waals surface area (Å²) in [6, 6.07) is 3.10. The van der Waals surface area contributed by atoms with Gasteiger partial charge in [0.1, 0.15) is 23.3 Å². The lowest BCUT2D eigenvalue weighted by atomic mass is 10.0. The van der Waals surface area contributed by atoms with E-state index in [4.69, 9.17) is 19.9 Å². The van der Waals surface area contributed by atoms with Gasteiger partial charge in [0.2, 0.25) is 5.91 Å². The first kappa shape index (κ1) is 14.5. The van der Waals surface area contributed by atoms with E-state index in [1.165, 1.54) is 14.2 Å². The molecule has 0 bridgehead atoms. The van der Waals surface area contributed by atoms with Gasteiger partial charge in [-0.3, -0.25) is 10.1 Å². The highest BCUT2D eigenvalue weighted by Crippen LogP contribution is 2.39. The molecule has 1 aliphatic carbocycles. The Balaban J connectivity index is 2.46.